The lowest BCUT2D eigenvalue weighted by molar-refractivity contribution is 0.239. The molecule has 27 heavy (non-hydrogen) atoms. The summed E-state index contributed by atoms with van der Waals surface area (Å²) in [5.41, 5.74) is 5.04. The molecule has 1 atom stereocenters. The van der Waals surface area contributed by atoms with Gasteiger partial charge in [-0.2, -0.15) is 0 Å². The highest BCUT2D eigenvalue weighted by molar-refractivity contribution is 5.63. The summed E-state index contributed by atoms with van der Waals surface area (Å²) in [6.07, 6.45) is 8.40. The van der Waals surface area contributed by atoms with Gasteiger partial charge in [0.1, 0.15) is 12.4 Å². The van der Waals surface area contributed by atoms with E-state index in [0.717, 1.165) is 25.3 Å². The van der Waals surface area contributed by atoms with Gasteiger partial charge >= 0.3 is 0 Å². The summed E-state index contributed by atoms with van der Waals surface area (Å²) in [7, 11) is 0. The van der Waals surface area contributed by atoms with Crippen LogP contribution in [0.1, 0.15) is 30.4 Å². The van der Waals surface area contributed by atoms with Crippen molar-refractivity contribution in [3.05, 3.63) is 84.2 Å². The van der Waals surface area contributed by atoms with Crippen LogP contribution in [-0.4, -0.2) is 24.2 Å². The van der Waals surface area contributed by atoms with Gasteiger partial charge in [0, 0.05) is 18.4 Å². The van der Waals surface area contributed by atoms with Crippen LogP contribution in [0.5, 0.6) is 5.75 Å². The maximum Gasteiger partial charge on any atom is 0.119 e. The van der Waals surface area contributed by atoms with Gasteiger partial charge in [-0.3, -0.25) is 4.98 Å². The fraction of sp³-hybridized carbons (Fsp3) is 0.292. The van der Waals surface area contributed by atoms with Crippen molar-refractivity contribution in [3.8, 4) is 16.9 Å². The van der Waals surface area contributed by atoms with Crippen LogP contribution in [0, 0.1) is 0 Å². The first-order valence-electron chi connectivity index (χ1n) is 9.81. The van der Waals surface area contributed by atoms with Crippen molar-refractivity contribution in [1.29, 1.82) is 0 Å². The van der Waals surface area contributed by atoms with Crippen molar-refractivity contribution in [2.75, 3.05) is 13.2 Å². The van der Waals surface area contributed by atoms with Gasteiger partial charge in [0.2, 0.25) is 0 Å². The van der Waals surface area contributed by atoms with E-state index in [1.54, 1.807) is 0 Å². The molecule has 1 aromatic heterocycles. The highest BCUT2D eigenvalue weighted by Gasteiger charge is 2.12. The average Bonchev–Trinajstić information content (AvgIpc) is 2.75. The van der Waals surface area contributed by atoms with Crippen LogP contribution in [0.3, 0.4) is 0 Å². The summed E-state index contributed by atoms with van der Waals surface area (Å²) in [6, 6.07) is 21.8. The van der Waals surface area contributed by atoms with Crippen molar-refractivity contribution in [3.63, 3.8) is 0 Å². The molecule has 1 N–H and O–H groups in total. The minimum absolute atomic E-state index is 0.498. The Balaban J connectivity index is 1.32. The number of aromatic nitrogens is 1. The smallest absolute Gasteiger partial charge is 0.119 e. The zero-order valence-electron chi connectivity index (χ0n) is 15.6. The molecule has 0 unspecified atom stereocenters. The second-order valence-corrected chi connectivity index (χ2v) is 7.21. The number of nitrogens with one attached hydrogen (secondary N) is 1. The van der Waals surface area contributed by atoms with E-state index >= 15 is 0 Å². The summed E-state index contributed by atoms with van der Waals surface area (Å²) >= 11 is 0. The molecule has 3 aromatic rings. The molecule has 0 aliphatic carbocycles. The van der Waals surface area contributed by atoms with E-state index in [0.29, 0.717) is 6.04 Å². The zero-order chi connectivity index (χ0) is 18.3. The van der Waals surface area contributed by atoms with E-state index in [1.165, 1.54) is 41.5 Å². The molecule has 2 aromatic carbocycles. The van der Waals surface area contributed by atoms with E-state index in [-0.39, 0.29) is 0 Å². The van der Waals surface area contributed by atoms with Crippen LogP contribution < -0.4 is 10.1 Å². The molecule has 1 fully saturated rings. The molecule has 2 heterocycles. The Kier molecular flexibility index (Phi) is 5.80. The number of rotatable bonds is 6. The number of benzene rings is 2. The zero-order valence-corrected chi connectivity index (χ0v) is 15.6. The number of pyridine rings is 1. The Morgan fingerprint density at radius 3 is 2.15 bits per heavy atom. The average molecular weight is 358 g/mol. The third-order valence-electron chi connectivity index (χ3n) is 5.16. The number of ether oxygens (including phenoxy) is 1. The molecule has 0 amide bonds. The fourth-order valence-electron chi connectivity index (χ4n) is 3.56. The van der Waals surface area contributed by atoms with E-state index in [9.17, 15) is 0 Å². The van der Waals surface area contributed by atoms with Crippen LogP contribution in [0.2, 0.25) is 0 Å². The van der Waals surface area contributed by atoms with Crippen molar-refractivity contribution < 1.29 is 4.74 Å². The minimum Gasteiger partial charge on any atom is -0.492 e. The number of hydrogen-bond acceptors (Lipinski definition) is 3. The molecule has 0 radical (unpaired) electrons. The standard InChI is InChI=1S/C24H26N2O/c1-2-14-26-23(3-1)18-27-24-10-6-20(7-11-24)17-19-4-8-21(9-5-19)22-12-15-25-16-13-22/h4-13,15-16,23,26H,1-3,14,17-18H2/t23-/m1/s1. The normalized spacial score (nSPS) is 16.8. The van der Waals surface area contributed by atoms with Crippen LogP contribution in [0.15, 0.2) is 73.1 Å². The summed E-state index contributed by atoms with van der Waals surface area (Å²) < 4.78 is 5.95. The largest absolute Gasteiger partial charge is 0.492 e. The molecule has 0 bridgehead atoms. The summed E-state index contributed by atoms with van der Waals surface area (Å²) in [6.45, 7) is 1.88. The third-order valence-corrected chi connectivity index (χ3v) is 5.16. The molecular weight excluding hydrogens is 332 g/mol. The van der Waals surface area contributed by atoms with Crippen molar-refractivity contribution in [2.24, 2.45) is 0 Å². The molecule has 3 nitrogen and oxygen atoms in total. The molecule has 1 saturated heterocycles. The maximum absolute atomic E-state index is 5.95. The van der Waals surface area contributed by atoms with Crippen LogP contribution >= 0.6 is 0 Å². The van der Waals surface area contributed by atoms with Gasteiger partial charge < -0.3 is 10.1 Å². The van der Waals surface area contributed by atoms with Crippen LogP contribution in [0.4, 0.5) is 0 Å². The van der Waals surface area contributed by atoms with Gasteiger partial charge in [-0.1, -0.05) is 42.8 Å². The monoisotopic (exact) mass is 358 g/mol. The first-order chi connectivity index (χ1) is 13.4. The first kappa shape index (κ1) is 17.7. The highest BCUT2D eigenvalue weighted by Crippen LogP contribution is 2.21. The second-order valence-electron chi connectivity index (χ2n) is 7.21. The lowest BCUT2D eigenvalue weighted by Crippen LogP contribution is -2.38. The van der Waals surface area contributed by atoms with E-state index in [1.807, 2.05) is 24.5 Å². The van der Waals surface area contributed by atoms with Gasteiger partial charge in [0.25, 0.3) is 0 Å². The Morgan fingerprint density at radius 1 is 0.815 bits per heavy atom. The Labute approximate surface area is 161 Å². The van der Waals surface area contributed by atoms with Crippen molar-refractivity contribution in [1.82, 2.24) is 10.3 Å². The molecular formula is C24H26N2O. The lowest BCUT2D eigenvalue weighted by Gasteiger charge is -2.23. The van der Waals surface area contributed by atoms with Gasteiger partial charge in [-0.25, -0.2) is 0 Å². The molecule has 0 saturated carbocycles. The van der Waals surface area contributed by atoms with E-state index in [2.05, 4.69) is 58.8 Å². The third kappa shape index (κ3) is 4.95. The highest BCUT2D eigenvalue weighted by atomic mass is 16.5. The predicted octanol–water partition coefficient (Wildman–Crippen LogP) is 4.86. The van der Waals surface area contributed by atoms with Gasteiger partial charge in [0.05, 0.1) is 0 Å². The van der Waals surface area contributed by atoms with Gasteiger partial charge in [0.15, 0.2) is 0 Å². The Hall–Kier alpha value is -2.65. The van der Waals surface area contributed by atoms with Crippen LogP contribution in [0.25, 0.3) is 11.1 Å². The summed E-state index contributed by atoms with van der Waals surface area (Å²) in [5, 5.41) is 3.52. The molecule has 1 aliphatic rings. The molecule has 138 valence electrons. The predicted molar refractivity (Wildman–Crippen MR) is 110 cm³/mol. The quantitative estimate of drug-likeness (QED) is 0.683. The second kappa shape index (κ2) is 8.83. The molecule has 3 heteroatoms. The Bertz CT molecular complexity index is 823. The van der Waals surface area contributed by atoms with Crippen molar-refractivity contribution in [2.45, 2.75) is 31.7 Å². The lowest BCUT2D eigenvalue weighted by atomic mass is 10.0. The van der Waals surface area contributed by atoms with E-state index in [4.69, 9.17) is 4.74 Å². The number of piperidine rings is 1. The number of nitrogens with zero attached hydrogens (tertiary/aromatic N) is 1. The topological polar surface area (TPSA) is 34.1 Å². The minimum atomic E-state index is 0.498. The Morgan fingerprint density at radius 2 is 1.48 bits per heavy atom. The first-order valence-corrected chi connectivity index (χ1v) is 9.81. The fourth-order valence-corrected chi connectivity index (χ4v) is 3.56. The molecule has 1 aliphatic heterocycles. The summed E-state index contributed by atoms with van der Waals surface area (Å²) in [5.74, 6) is 0.958. The van der Waals surface area contributed by atoms with Gasteiger partial charge in [-0.15, -0.1) is 0 Å². The summed E-state index contributed by atoms with van der Waals surface area (Å²) in [4.78, 5) is 4.08. The molecule has 4 rings (SSSR count). The van der Waals surface area contributed by atoms with Crippen LogP contribution in [-0.2, 0) is 6.42 Å². The van der Waals surface area contributed by atoms with Crippen molar-refractivity contribution >= 4 is 0 Å². The molecule has 0 spiro atoms. The number of hydrogen-bond donors (Lipinski definition) is 1. The van der Waals surface area contributed by atoms with Gasteiger partial charge in [-0.05, 0) is 72.3 Å². The van der Waals surface area contributed by atoms with E-state index < -0.39 is 0 Å². The maximum atomic E-state index is 5.95. The SMILES string of the molecule is c1cc(-c2ccc(Cc3ccc(OC[C@H]4CCCCN4)cc3)cc2)ccn1.